The maximum absolute atomic E-state index is 11.9. The van der Waals surface area contributed by atoms with Gasteiger partial charge in [-0.15, -0.1) is 0 Å². The lowest BCUT2D eigenvalue weighted by Gasteiger charge is -2.14. The Kier molecular flexibility index (Phi) is 5.51. The first-order valence-corrected chi connectivity index (χ1v) is 6.32. The molecule has 1 rings (SSSR count). The lowest BCUT2D eigenvalue weighted by atomic mass is 10.1. The fourth-order valence-corrected chi connectivity index (χ4v) is 1.69. The normalized spacial score (nSPS) is 11.8. The van der Waals surface area contributed by atoms with Crippen molar-refractivity contribution >= 4 is 17.5 Å². The topological polar surface area (TPSA) is 75.4 Å². The highest BCUT2D eigenvalue weighted by Crippen LogP contribution is 2.14. The number of nitrogens with one attached hydrogen (secondary N) is 1. The van der Waals surface area contributed by atoms with E-state index in [9.17, 15) is 9.59 Å². The summed E-state index contributed by atoms with van der Waals surface area (Å²) in [6, 6.07) is 6.89. The van der Waals surface area contributed by atoms with Crippen LogP contribution in [0.5, 0.6) is 0 Å². The predicted molar refractivity (Wildman–Crippen MR) is 75.9 cm³/mol. The minimum Gasteiger partial charge on any atom is -0.345 e. The molecule has 0 aliphatic rings. The molecule has 0 heterocycles. The number of hydrogen-bond acceptors (Lipinski definition) is 3. The molecule has 1 aromatic carbocycles. The fraction of sp³-hybridized carbons (Fsp3) is 0.429. The zero-order valence-electron chi connectivity index (χ0n) is 11.6. The average Bonchev–Trinajstić information content (AvgIpc) is 2.39. The number of carbonyl (C=O) groups excluding carboxylic acids is 2. The number of rotatable bonds is 5. The van der Waals surface area contributed by atoms with Crippen LogP contribution >= 0.6 is 0 Å². The van der Waals surface area contributed by atoms with Crippen LogP contribution in [0.1, 0.15) is 23.7 Å². The molecule has 5 heteroatoms. The van der Waals surface area contributed by atoms with Crippen molar-refractivity contribution < 1.29 is 9.59 Å². The molecule has 0 spiro atoms. The molecule has 3 N–H and O–H groups in total. The number of hydrogen-bond donors (Lipinski definition) is 2. The first-order chi connectivity index (χ1) is 8.99. The van der Waals surface area contributed by atoms with Gasteiger partial charge < -0.3 is 16.0 Å². The summed E-state index contributed by atoms with van der Waals surface area (Å²) in [4.78, 5) is 25.2. The second-order valence-electron chi connectivity index (χ2n) is 4.61. The molecule has 2 amide bonds. The number of amides is 2. The molecule has 5 nitrogen and oxygen atoms in total. The Morgan fingerprint density at radius 2 is 2.05 bits per heavy atom. The van der Waals surface area contributed by atoms with Crippen molar-refractivity contribution in [2.45, 2.75) is 13.3 Å². The van der Waals surface area contributed by atoms with Crippen LogP contribution in [0.3, 0.4) is 0 Å². The largest absolute Gasteiger partial charge is 0.345 e. The molecule has 1 unspecified atom stereocenters. The van der Waals surface area contributed by atoms with Crippen molar-refractivity contribution in [1.82, 2.24) is 4.90 Å². The van der Waals surface area contributed by atoms with E-state index in [1.54, 1.807) is 38.4 Å². The van der Waals surface area contributed by atoms with Gasteiger partial charge in [0.2, 0.25) is 5.91 Å². The van der Waals surface area contributed by atoms with E-state index in [0.29, 0.717) is 24.2 Å². The molecule has 0 saturated heterocycles. The third-order valence-electron chi connectivity index (χ3n) is 2.93. The van der Waals surface area contributed by atoms with Gasteiger partial charge in [-0.1, -0.05) is 13.0 Å². The third kappa shape index (κ3) is 4.06. The zero-order valence-corrected chi connectivity index (χ0v) is 11.6. The molecule has 0 radical (unpaired) electrons. The minimum atomic E-state index is -0.201. The number of nitrogens with two attached hydrogens (primary N) is 1. The van der Waals surface area contributed by atoms with Gasteiger partial charge in [0.15, 0.2) is 0 Å². The van der Waals surface area contributed by atoms with Gasteiger partial charge in [-0.05, 0) is 24.6 Å². The van der Waals surface area contributed by atoms with Crippen molar-refractivity contribution in [3.63, 3.8) is 0 Å². The summed E-state index contributed by atoms with van der Waals surface area (Å²) in [5.41, 5.74) is 6.69. The Morgan fingerprint density at radius 3 is 2.58 bits per heavy atom. The van der Waals surface area contributed by atoms with Gasteiger partial charge in [-0.3, -0.25) is 9.59 Å². The monoisotopic (exact) mass is 263 g/mol. The molecular weight excluding hydrogens is 242 g/mol. The van der Waals surface area contributed by atoms with E-state index in [1.165, 1.54) is 4.90 Å². The molecule has 0 saturated carbocycles. The summed E-state index contributed by atoms with van der Waals surface area (Å²) in [7, 11) is 3.38. The van der Waals surface area contributed by atoms with E-state index >= 15 is 0 Å². The lowest BCUT2D eigenvalue weighted by molar-refractivity contribution is -0.119. The Hall–Kier alpha value is -1.88. The standard InChI is InChI=1S/C14H21N3O2/c1-4-10(9-15)13(18)16-12-7-5-6-11(8-12)14(19)17(2)3/h5-8,10H,4,9,15H2,1-3H3,(H,16,18). The highest BCUT2D eigenvalue weighted by Gasteiger charge is 2.15. The summed E-state index contributed by atoms with van der Waals surface area (Å²) in [6.07, 6.45) is 0.693. The summed E-state index contributed by atoms with van der Waals surface area (Å²) in [5.74, 6) is -0.408. The van der Waals surface area contributed by atoms with Gasteiger partial charge in [-0.2, -0.15) is 0 Å². The van der Waals surface area contributed by atoms with Crippen LogP contribution in [0, 0.1) is 5.92 Å². The van der Waals surface area contributed by atoms with Crippen LogP contribution in [0.4, 0.5) is 5.69 Å². The van der Waals surface area contributed by atoms with Gasteiger partial charge >= 0.3 is 0 Å². The van der Waals surface area contributed by atoms with Crippen LogP contribution in [-0.2, 0) is 4.79 Å². The molecule has 0 bridgehead atoms. The van der Waals surface area contributed by atoms with E-state index < -0.39 is 0 Å². The lowest BCUT2D eigenvalue weighted by Crippen LogP contribution is -2.28. The van der Waals surface area contributed by atoms with Crippen LogP contribution in [0.15, 0.2) is 24.3 Å². The second kappa shape index (κ2) is 6.89. The number of anilines is 1. The quantitative estimate of drug-likeness (QED) is 0.841. The third-order valence-corrected chi connectivity index (χ3v) is 2.93. The Balaban J connectivity index is 2.83. The summed E-state index contributed by atoms with van der Waals surface area (Å²) in [5, 5.41) is 2.79. The molecule has 1 atom stereocenters. The van der Waals surface area contributed by atoms with Gasteiger partial charge in [-0.25, -0.2) is 0 Å². The van der Waals surface area contributed by atoms with E-state index in [1.807, 2.05) is 6.92 Å². The first-order valence-electron chi connectivity index (χ1n) is 6.32. The highest BCUT2D eigenvalue weighted by atomic mass is 16.2. The Bertz CT molecular complexity index is 454. The van der Waals surface area contributed by atoms with E-state index in [4.69, 9.17) is 5.73 Å². The van der Waals surface area contributed by atoms with Gasteiger partial charge in [0, 0.05) is 31.9 Å². The number of carbonyl (C=O) groups is 2. The fourth-order valence-electron chi connectivity index (χ4n) is 1.69. The first kappa shape index (κ1) is 15.2. The van der Waals surface area contributed by atoms with Crippen LogP contribution in [-0.4, -0.2) is 37.4 Å². The second-order valence-corrected chi connectivity index (χ2v) is 4.61. The van der Waals surface area contributed by atoms with E-state index in [-0.39, 0.29) is 17.7 Å². The van der Waals surface area contributed by atoms with Crippen LogP contribution in [0.2, 0.25) is 0 Å². The summed E-state index contributed by atoms with van der Waals surface area (Å²) >= 11 is 0. The molecule has 0 aliphatic carbocycles. The van der Waals surface area contributed by atoms with Crippen LogP contribution < -0.4 is 11.1 Å². The molecule has 0 fully saturated rings. The SMILES string of the molecule is CCC(CN)C(=O)Nc1cccc(C(=O)N(C)C)c1. The van der Waals surface area contributed by atoms with Crippen molar-refractivity contribution in [1.29, 1.82) is 0 Å². The van der Waals surface area contributed by atoms with E-state index in [0.717, 1.165) is 0 Å². The maximum Gasteiger partial charge on any atom is 0.253 e. The predicted octanol–water partition coefficient (Wildman–Crippen LogP) is 1.31. The Morgan fingerprint density at radius 1 is 1.37 bits per heavy atom. The number of nitrogens with zero attached hydrogens (tertiary/aromatic N) is 1. The average molecular weight is 263 g/mol. The van der Waals surface area contributed by atoms with Crippen molar-refractivity contribution in [3.05, 3.63) is 29.8 Å². The zero-order chi connectivity index (χ0) is 14.4. The molecule has 1 aromatic rings. The summed E-state index contributed by atoms with van der Waals surface area (Å²) in [6.45, 7) is 2.24. The van der Waals surface area contributed by atoms with Gasteiger partial charge in [0.25, 0.3) is 5.91 Å². The molecule has 0 aliphatic heterocycles. The van der Waals surface area contributed by atoms with E-state index in [2.05, 4.69) is 5.32 Å². The summed E-state index contributed by atoms with van der Waals surface area (Å²) < 4.78 is 0. The number of benzene rings is 1. The van der Waals surface area contributed by atoms with Crippen molar-refractivity contribution in [3.8, 4) is 0 Å². The molecule has 104 valence electrons. The molecule has 19 heavy (non-hydrogen) atoms. The smallest absolute Gasteiger partial charge is 0.253 e. The minimum absolute atomic E-state index is 0.0954. The van der Waals surface area contributed by atoms with Gasteiger partial charge in [0.05, 0.1) is 5.92 Å². The molecular formula is C14H21N3O2. The molecule has 0 aromatic heterocycles. The Labute approximate surface area is 113 Å². The van der Waals surface area contributed by atoms with Crippen LogP contribution in [0.25, 0.3) is 0 Å². The van der Waals surface area contributed by atoms with Crippen molar-refractivity contribution in [2.24, 2.45) is 11.7 Å². The van der Waals surface area contributed by atoms with Gasteiger partial charge in [0.1, 0.15) is 0 Å². The van der Waals surface area contributed by atoms with Crippen molar-refractivity contribution in [2.75, 3.05) is 26.0 Å². The maximum atomic E-state index is 11.9. The highest BCUT2D eigenvalue weighted by molar-refractivity contribution is 5.97.